The third-order valence-corrected chi connectivity index (χ3v) is 4.91. The van der Waals surface area contributed by atoms with Crippen molar-refractivity contribution in [3.63, 3.8) is 0 Å². The standard InChI is InChI=1S/C19H25Cl2N3O2/c1-4-11-24(17(25)7-6-10-20)13(3)18-22-16-9-8-14(21)12-15(16)19(26)23(18)5-2/h8-9,12-13H,4-7,10-11H2,1-3H3. The highest BCUT2D eigenvalue weighted by Gasteiger charge is 2.25. The van der Waals surface area contributed by atoms with Crippen molar-refractivity contribution in [3.8, 4) is 0 Å². The van der Waals surface area contributed by atoms with Crippen molar-refractivity contribution >= 4 is 40.0 Å². The molecule has 2 aromatic rings. The van der Waals surface area contributed by atoms with Crippen molar-refractivity contribution in [2.24, 2.45) is 0 Å². The fraction of sp³-hybridized carbons (Fsp3) is 0.526. The minimum Gasteiger partial charge on any atom is -0.333 e. The average Bonchev–Trinajstić information content (AvgIpc) is 2.64. The number of carbonyl (C=O) groups excluding carboxylic acids is 1. The monoisotopic (exact) mass is 397 g/mol. The Morgan fingerprint density at radius 2 is 2.08 bits per heavy atom. The molecule has 0 spiro atoms. The van der Waals surface area contributed by atoms with Crippen LogP contribution in [-0.4, -0.2) is 32.8 Å². The van der Waals surface area contributed by atoms with Crippen molar-refractivity contribution in [1.82, 2.24) is 14.5 Å². The summed E-state index contributed by atoms with van der Waals surface area (Å²) in [5.74, 6) is 1.09. The van der Waals surface area contributed by atoms with Crippen molar-refractivity contribution in [2.75, 3.05) is 12.4 Å². The van der Waals surface area contributed by atoms with Crippen LogP contribution in [0.1, 0.15) is 51.9 Å². The Balaban J connectivity index is 2.53. The summed E-state index contributed by atoms with van der Waals surface area (Å²) < 4.78 is 1.63. The number of fused-ring (bicyclic) bond motifs is 1. The van der Waals surface area contributed by atoms with Crippen LogP contribution in [0.3, 0.4) is 0 Å². The summed E-state index contributed by atoms with van der Waals surface area (Å²) in [6.07, 6.45) is 1.86. The number of alkyl halides is 1. The maximum Gasteiger partial charge on any atom is 0.261 e. The molecule has 1 aromatic heterocycles. The molecule has 7 heteroatoms. The van der Waals surface area contributed by atoms with E-state index in [0.717, 1.165) is 6.42 Å². The summed E-state index contributed by atoms with van der Waals surface area (Å²) >= 11 is 11.8. The first-order valence-electron chi connectivity index (χ1n) is 9.00. The van der Waals surface area contributed by atoms with Gasteiger partial charge in [-0.25, -0.2) is 4.98 Å². The van der Waals surface area contributed by atoms with Gasteiger partial charge in [-0.1, -0.05) is 18.5 Å². The summed E-state index contributed by atoms with van der Waals surface area (Å²) in [4.78, 5) is 32.0. The lowest BCUT2D eigenvalue weighted by atomic mass is 10.1. The highest BCUT2D eigenvalue weighted by Crippen LogP contribution is 2.23. The van der Waals surface area contributed by atoms with E-state index in [1.807, 2.05) is 20.8 Å². The number of halogens is 2. The highest BCUT2D eigenvalue weighted by atomic mass is 35.5. The summed E-state index contributed by atoms with van der Waals surface area (Å²) in [5, 5.41) is 0.995. The molecular formula is C19H25Cl2N3O2. The van der Waals surface area contributed by atoms with E-state index in [4.69, 9.17) is 28.2 Å². The smallest absolute Gasteiger partial charge is 0.261 e. The molecule has 5 nitrogen and oxygen atoms in total. The van der Waals surface area contributed by atoms with E-state index in [0.29, 0.717) is 53.6 Å². The highest BCUT2D eigenvalue weighted by molar-refractivity contribution is 6.31. The Morgan fingerprint density at radius 3 is 2.69 bits per heavy atom. The van der Waals surface area contributed by atoms with Crippen molar-refractivity contribution in [2.45, 2.75) is 52.6 Å². The van der Waals surface area contributed by atoms with Gasteiger partial charge in [0.2, 0.25) is 5.91 Å². The zero-order valence-corrected chi connectivity index (χ0v) is 17.0. The van der Waals surface area contributed by atoms with Gasteiger partial charge in [-0.2, -0.15) is 0 Å². The molecule has 142 valence electrons. The Kier molecular flexibility index (Phi) is 7.47. The number of amides is 1. The fourth-order valence-corrected chi connectivity index (χ4v) is 3.42. The zero-order chi connectivity index (χ0) is 19.3. The molecule has 0 N–H and O–H groups in total. The van der Waals surface area contributed by atoms with Crippen LogP contribution < -0.4 is 5.56 Å². The molecule has 1 atom stereocenters. The molecule has 1 aromatic carbocycles. The van der Waals surface area contributed by atoms with Crippen molar-refractivity contribution in [3.05, 3.63) is 39.4 Å². The molecule has 1 amide bonds. The molecule has 0 aliphatic carbocycles. The maximum atomic E-state index is 12.9. The van der Waals surface area contributed by atoms with Gasteiger partial charge in [0, 0.05) is 30.4 Å². The van der Waals surface area contributed by atoms with Gasteiger partial charge in [0.1, 0.15) is 5.82 Å². The Labute approximate surface area is 163 Å². The molecule has 0 saturated heterocycles. The van der Waals surface area contributed by atoms with Gasteiger partial charge in [0.15, 0.2) is 0 Å². The molecular weight excluding hydrogens is 373 g/mol. The summed E-state index contributed by atoms with van der Waals surface area (Å²) in [7, 11) is 0. The number of hydrogen-bond donors (Lipinski definition) is 0. The van der Waals surface area contributed by atoms with Gasteiger partial charge < -0.3 is 4.90 Å². The van der Waals surface area contributed by atoms with E-state index in [-0.39, 0.29) is 17.5 Å². The number of nitrogens with zero attached hydrogens (tertiary/aromatic N) is 3. The molecule has 0 aliphatic heterocycles. The minimum atomic E-state index is -0.300. The second-order valence-corrected chi connectivity index (χ2v) is 7.05. The molecule has 0 aliphatic rings. The van der Waals surface area contributed by atoms with Gasteiger partial charge in [0.05, 0.1) is 16.9 Å². The van der Waals surface area contributed by atoms with Gasteiger partial charge in [-0.15, -0.1) is 11.6 Å². The van der Waals surface area contributed by atoms with Crippen LogP contribution in [0.15, 0.2) is 23.0 Å². The quantitative estimate of drug-likeness (QED) is 0.620. The molecule has 1 unspecified atom stereocenters. The van der Waals surface area contributed by atoms with Gasteiger partial charge in [0.25, 0.3) is 5.56 Å². The first kappa shape index (κ1) is 20.7. The summed E-state index contributed by atoms with van der Waals surface area (Å²) in [6, 6.07) is 4.80. The minimum absolute atomic E-state index is 0.0353. The van der Waals surface area contributed by atoms with Crippen LogP contribution in [0.25, 0.3) is 10.9 Å². The molecule has 1 heterocycles. The lowest BCUT2D eigenvalue weighted by Gasteiger charge is -2.30. The Morgan fingerprint density at radius 1 is 1.35 bits per heavy atom. The molecule has 26 heavy (non-hydrogen) atoms. The van der Waals surface area contributed by atoms with Crippen LogP contribution in [0.5, 0.6) is 0 Å². The SMILES string of the molecule is CCCN(C(=O)CCCCl)C(C)c1nc2ccc(Cl)cc2c(=O)n1CC. The largest absolute Gasteiger partial charge is 0.333 e. The third kappa shape index (κ3) is 4.38. The van der Waals surface area contributed by atoms with E-state index in [2.05, 4.69) is 0 Å². The molecule has 0 bridgehead atoms. The third-order valence-electron chi connectivity index (χ3n) is 4.41. The fourth-order valence-electron chi connectivity index (χ4n) is 3.11. The van der Waals surface area contributed by atoms with E-state index in [1.54, 1.807) is 27.7 Å². The zero-order valence-electron chi connectivity index (χ0n) is 15.5. The maximum absolute atomic E-state index is 12.9. The van der Waals surface area contributed by atoms with Crippen molar-refractivity contribution < 1.29 is 4.79 Å². The number of benzene rings is 1. The normalized spacial score (nSPS) is 12.3. The van der Waals surface area contributed by atoms with E-state index >= 15 is 0 Å². The predicted molar refractivity (Wildman–Crippen MR) is 107 cm³/mol. The number of hydrogen-bond acceptors (Lipinski definition) is 3. The van der Waals surface area contributed by atoms with Crippen LogP contribution in [0, 0.1) is 0 Å². The molecule has 0 fully saturated rings. The van der Waals surface area contributed by atoms with Crippen LogP contribution >= 0.6 is 23.2 Å². The number of rotatable bonds is 8. The lowest BCUT2D eigenvalue weighted by molar-refractivity contribution is -0.133. The summed E-state index contributed by atoms with van der Waals surface area (Å²) in [5.41, 5.74) is 0.460. The Hall–Kier alpha value is -1.59. The predicted octanol–water partition coefficient (Wildman–Crippen LogP) is 4.39. The van der Waals surface area contributed by atoms with E-state index < -0.39 is 0 Å². The average molecular weight is 398 g/mol. The van der Waals surface area contributed by atoms with Crippen LogP contribution in [0.4, 0.5) is 0 Å². The molecule has 2 rings (SSSR count). The second-order valence-electron chi connectivity index (χ2n) is 6.24. The lowest BCUT2D eigenvalue weighted by Crippen LogP contribution is -2.38. The number of carbonyl (C=O) groups is 1. The molecule has 0 saturated carbocycles. The first-order valence-corrected chi connectivity index (χ1v) is 9.91. The first-order chi connectivity index (χ1) is 12.4. The van der Waals surface area contributed by atoms with E-state index in [9.17, 15) is 9.59 Å². The van der Waals surface area contributed by atoms with Gasteiger partial charge in [-0.05, 0) is 44.9 Å². The van der Waals surface area contributed by atoms with Crippen LogP contribution in [-0.2, 0) is 11.3 Å². The second kappa shape index (κ2) is 9.38. The number of aromatic nitrogens is 2. The molecule has 0 radical (unpaired) electrons. The summed E-state index contributed by atoms with van der Waals surface area (Å²) in [6.45, 7) is 6.93. The van der Waals surface area contributed by atoms with Gasteiger partial charge in [-0.3, -0.25) is 14.2 Å². The van der Waals surface area contributed by atoms with E-state index in [1.165, 1.54) is 0 Å². The van der Waals surface area contributed by atoms with Crippen molar-refractivity contribution in [1.29, 1.82) is 0 Å². The topological polar surface area (TPSA) is 55.2 Å². The van der Waals surface area contributed by atoms with Gasteiger partial charge >= 0.3 is 0 Å². The Bertz CT molecular complexity index is 835. The van der Waals surface area contributed by atoms with Crippen LogP contribution in [0.2, 0.25) is 5.02 Å².